The van der Waals surface area contributed by atoms with E-state index >= 15 is 0 Å². The van der Waals surface area contributed by atoms with Crippen molar-refractivity contribution >= 4 is 33.3 Å². The molecule has 0 radical (unpaired) electrons. The number of carbonyl (C=O) groups is 1. The summed E-state index contributed by atoms with van der Waals surface area (Å²) in [6, 6.07) is 9.76. The summed E-state index contributed by atoms with van der Waals surface area (Å²) in [7, 11) is 0. The maximum Gasteiger partial charge on any atom is 0.268 e. The average Bonchev–Trinajstić information content (AvgIpc) is 2.95. The minimum absolute atomic E-state index is 0.185. The first-order chi connectivity index (χ1) is 8.72. The van der Waals surface area contributed by atoms with Crippen LogP contribution in [0.15, 0.2) is 30.3 Å². The fourth-order valence-corrected chi connectivity index (χ4v) is 2.61. The van der Waals surface area contributed by atoms with E-state index in [0.29, 0.717) is 16.6 Å². The number of thiophene rings is 1. The number of fused-ring (bicyclic) bond motifs is 1. The summed E-state index contributed by atoms with van der Waals surface area (Å²) in [6.45, 7) is 1.78. The molecular formula is C12H10N4OS. The standard InChI is InChI=1S/C12H10N4OS/c1-7-13-12(16-15-7)14-11(17)10-6-8-4-2-3-5-9(8)18-10/h2-6H,1H3,(H2,13,14,15,16,17). The lowest BCUT2D eigenvalue weighted by atomic mass is 10.2. The summed E-state index contributed by atoms with van der Waals surface area (Å²) in [5.41, 5.74) is 0. The average molecular weight is 258 g/mol. The van der Waals surface area contributed by atoms with Crippen LogP contribution in [0, 0.1) is 6.92 Å². The highest BCUT2D eigenvalue weighted by atomic mass is 32.1. The lowest BCUT2D eigenvalue weighted by molar-refractivity contribution is 0.103. The van der Waals surface area contributed by atoms with Crippen LogP contribution >= 0.6 is 11.3 Å². The number of aromatic nitrogens is 3. The molecule has 0 aliphatic carbocycles. The molecule has 3 rings (SSSR count). The van der Waals surface area contributed by atoms with Gasteiger partial charge in [0.15, 0.2) is 0 Å². The van der Waals surface area contributed by atoms with Gasteiger partial charge in [0, 0.05) is 4.70 Å². The van der Waals surface area contributed by atoms with E-state index in [1.807, 2.05) is 30.3 Å². The van der Waals surface area contributed by atoms with E-state index in [2.05, 4.69) is 20.5 Å². The Labute approximate surface area is 107 Å². The molecule has 2 N–H and O–H groups in total. The third-order valence-corrected chi connectivity index (χ3v) is 3.59. The molecule has 2 aromatic heterocycles. The van der Waals surface area contributed by atoms with Gasteiger partial charge in [-0.05, 0) is 24.4 Å². The van der Waals surface area contributed by atoms with Gasteiger partial charge in [-0.3, -0.25) is 15.2 Å². The molecule has 6 heteroatoms. The van der Waals surface area contributed by atoms with Gasteiger partial charge in [0.2, 0.25) is 5.95 Å². The van der Waals surface area contributed by atoms with Crippen molar-refractivity contribution < 1.29 is 4.79 Å². The minimum atomic E-state index is -0.185. The molecule has 2 heterocycles. The molecule has 0 aliphatic heterocycles. The Morgan fingerprint density at radius 1 is 1.39 bits per heavy atom. The third kappa shape index (κ3) is 1.98. The second-order valence-corrected chi connectivity index (χ2v) is 4.93. The lowest BCUT2D eigenvalue weighted by Crippen LogP contribution is -2.11. The quantitative estimate of drug-likeness (QED) is 0.742. The molecule has 1 amide bonds. The highest BCUT2D eigenvalue weighted by molar-refractivity contribution is 7.20. The Morgan fingerprint density at radius 3 is 2.94 bits per heavy atom. The van der Waals surface area contributed by atoms with Crippen molar-refractivity contribution in [1.82, 2.24) is 15.2 Å². The first-order valence-electron chi connectivity index (χ1n) is 5.41. The molecule has 18 heavy (non-hydrogen) atoms. The number of anilines is 1. The number of aromatic amines is 1. The molecule has 0 unspecified atom stereocenters. The van der Waals surface area contributed by atoms with Crippen molar-refractivity contribution in [3.63, 3.8) is 0 Å². The monoisotopic (exact) mass is 258 g/mol. The molecule has 5 nitrogen and oxygen atoms in total. The Balaban J connectivity index is 1.87. The number of nitrogens with one attached hydrogen (secondary N) is 2. The highest BCUT2D eigenvalue weighted by Gasteiger charge is 2.12. The van der Waals surface area contributed by atoms with Gasteiger partial charge in [-0.2, -0.15) is 4.98 Å². The van der Waals surface area contributed by atoms with E-state index in [1.165, 1.54) is 11.3 Å². The summed E-state index contributed by atoms with van der Waals surface area (Å²) in [6.07, 6.45) is 0. The van der Waals surface area contributed by atoms with Crippen molar-refractivity contribution in [2.24, 2.45) is 0 Å². The van der Waals surface area contributed by atoms with Gasteiger partial charge in [-0.25, -0.2) is 0 Å². The van der Waals surface area contributed by atoms with Gasteiger partial charge in [-0.15, -0.1) is 16.4 Å². The zero-order valence-corrected chi connectivity index (χ0v) is 10.4. The number of rotatable bonds is 2. The second-order valence-electron chi connectivity index (χ2n) is 3.85. The predicted molar refractivity (Wildman–Crippen MR) is 70.9 cm³/mol. The van der Waals surface area contributed by atoms with E-state index in [0.717, 1.165) is 10.1 Å². The van der Waals surface area contributed by atoms with Crippen molar-refractivity contribution in [2.45, 2.75) is 6.92 Å². The first-order valence-corrected chi connectivity index (χ1v) is 6.23. The normalized spacial score (nSPS) is 10.7. The number of hydrogen-bond donors (Lipinski definition) is 2. The highest BCUT2D eigenvalue weighted by Crippen LogP contribution is 2.25. The van der Waals surface area contributed by atoms with E-state index in [-0.39, 0.29) is 5.91 Å². The molecule has 0 saturated heterocycles. The molecule has 3 aromatic rings. The summed E-state index contributed by atoms with van der Waals surface area (Å²) in [5.74, 6) is 0.784. The van der Waals surface area contributed by atoms with Crippen LogP contribution in [0.3, 0.4) is 0 Å². The van der Waals surface area contributed by atoms with Gasteiger partial charge in [0.05, 0.1) is 4.88 Å². The van der Waals surface area contributed by atoms with Crippen LogP contribution in [0.1, 0.15) is 15.5 Å². The fourth-order valence-electron chi connectivity index (χ4n) is 1.66. The number of H-pyrrole nitrogens is 1. The van der Waals surface area contributed by atoms with E-state index in [9.17, 15) is 4.79 Å². The van der Waals surface area contributed by atoms with Crippen LogP contribution < -0.4 is 5.32 Å². The van der Waals surface area contributed by atoms with Crippen molar-refractivity contribution in [3.05, 3.63) is 41.0 Å². The number of nitrogens with zero attached hydrogens (tertiary/aromatic N) is 2. The Kier molecular flexibility index (Phi) is 2.56. The summed E-state index contributed by atoms with van der Waals surface area (Å²) < 4.78 is 1.09. The van der Waals surface area contributed by atoms with E-state index < -0.39 is 0 Å². The fraction of sp³-hybridized carbons (Fsp3) is 0.0833. The SMILES string of the molecule is Cc1nc(NC(=O)c2cc3ccccc3s2)n[nH]1. The van der Waals surface area contributed by atoms with Crippen LogP contribution in [-0.4, -0.2) is 21.1 Å². The maximum absolute atomic E-state index is 12.0. The van der Waals surface area contributed by atoms with Crippen LogP contribution in [0.5, 0.6) is 0 Å². The smallest absolute Gasteiger partial charge is 0.268 e. The van der Waals surface area contributed by atoms with E-state index in [4.69, 9.17) is 0 Å². The van der Waals surface area contributed by atoms with Crippen LogP contribution in [-0.2, 0) is 0 Å². The molecule has 0 aliphatic rings. The first kappa shape index (κ1) is 10.9. The van der Waals surface area contributed by atoms with E-state index in [1.54, 1.807) is 6.92 Å². The molecule has 0 bridgehead atoms. The third-order valence-electron chi connectivity index (χ3n) is 2.47. The minimum Gasteiger partial charge on any atom is -0.288 e. The van der Waals surface area contributed by atoms with Crippen molar-refractivity contribution in [2.75, 3.05) is 5.32 Å². The van der Waals surface area contributed by atoms with Gasteiger partial charge < -0.3 is 0 Å². The summed E-state index contributed by atoms with van der Waals surface area (Å²) in [5, 5.41) is 10.3. The topological polar surface area (TPSA) is 70.7 Å². The largest absolute Gasteiger partial charge is 0.288 e. The Morgan fingerprint density at radius 2 is 2.22 bits per heavy atom. The predicted octanol–water partition coefficient (Wildman–Crippen LogP) is 2.58. The second kappa shape index (κ2) is 4.23. The molecule has 0 atom stereocenters. The van der Waals surface area contributed by atoms with Crippen molar-refractivity contribution in [1.29, 1.82) is 0 Å². The number of carbonyl (C=O) groups excluding carboxylic acids is 1. The number of aryl methyl sites for hydroxylation is 1. The molecule has 0 fully saturated rings. The van der Waals surface area contributed by atoms with Crippen LogP contribution in [0.25, 0.3) is 10.1 Å². The van der Waals surface area contributed by atoms with Gasteiger partial charge >= 0.3 is 0 Å². The Bertz CT molecular complexity index is 683. The van der Waals surface area contributed by atoms with Gasteiger partial charge in [0.25, 0.3) is 5.91 Å². The number of amides is 1. The summed E-state index contributed by atoms with van der Waals surface area (Å²) >= 11 is 1.45. The van der Waals surface area contributed by atoms with Gasteiger partial charge in [-0.1, -0.05) is 18.2 Å². The zero-order valence-electron chi connectivity index (χ0n) is 9.60. The van der Waals surface area contributed by atoms with Crippen molar-refractivity contribution in [3.8, 4) is 0 Å². The zero-order chi connectivity index (χ0) is 12.5. The summed E-state index contributed by atoms with van der Waals surface area (Å²) in [4.78, 5) is 16.7. The molecular weight excluding hydrogens is 248 g/mol. The lowest BCUT2D eigenvalue weighted by Gasteiger charge is -1.95. The van der Waals surface area contributed by atoms with Crippen LogP contribution in [0.2, 0.25) is 0 Å². The number of hydrogen-bond acceptors (Lipinski definition) is 4. The molecule has 0 spiro atoms. The van der Waals surface area contributed by atoms with Crippen LogP contribution in [0.4, 0.5) is 5.95 Å². The Hall–Kier alpha value is -2.21. The molecule has 90 valence electrons. The maximum atomic E-state index is 12.0. The molecule has 1 aromatic carbocycles. The van der Waals surface area contributed by atoms with Gasteiger partial charge in [0.1, 0.15) is 5.82 Å². The molecule has 0 saturated carbocycles. The number of benzene rings is 1.